The summed E-state index contributed by atoms with van der Waals surface area (Å²) in [7, 11) is 0. The minimum Gasteiger partial charge on any atom is -0.388 e. The number of hydrogen-bond acceptors (Lipinski definition) is 2. The maximum absolute atomic E-state index is 9.92. The summed E-state index contributed by atoms with van der Waals surface area (Å²) in [5.41, 5.74) is 2.48. The molecule has 26 heavy (non-hydrogen) atoms. The van der Waals surface area contributed by atoms with Crippen LogP contribution in [0.2, 0.25) is 0 Å². The van der Waals surface area contributed by atoms with Gasteiger partial charge in [-0.15, -0.1) is 0 Å². The molecule has 1 saturated carbocycles. The molecule has 1 aliphatic rings. The molecule has 0 saturated heterocycles. The predicted octanol–water partition coefficient (Wildman–Crippen LogP) is 6.92. The number of unbranched alkanes of at least 4 members (excludes halogenated alkanes) is 6. The van der Waals surface area contributed by atoms with E-state index in [1.165, 1.54) is 76.2 Å². The molecular weight excluding hydrogens is 320 g/mol. The molecule has 148 valence electrons. The van der Waals surface area contributed by atoms with Crippen LogP contribution in [-0.4, -0.2) is 17.8 Å². The van der Waals surface area contributed by atoms with Crippen LogP contribution in [0.1, 0.15) is 114 Å². The van der Waals surface area contributed by atoms with Gasteiger partial charge in [-0.1, -0.05) is 76.6 Å². The first-order valence-corrected chi connectivity index (χ1v) is 11.1. The van der Waals surface area contributed by atoms with Gasteiger partial charge in [-0.05, 0) is 55.6 Å². The number of aliphatic hydroxyl groups excluding tert-OH is 1. The lowest BCUT2D eigenvalue weighted by atomic mass is 9.82. The molecule has 1 N–H and O–H groups in total. The first kappa shape index (κ1) is 21.4. The molecule has 2 rings (SSSR count). The zero-order valence-electron chi connectivity index (χ0n) is 17.1. The predicted molar refractivity (Wildman–Crippen MR) is 111 cm³/mol. The maximum atomic E-state index is 9.92. The normalized spacial score (nSPS) is 21.7. The molecule has 1 unspecified atom stereocenters. The van der Waals surface area contributed by atoms with Crippen molar-refractivity contribution in [1.82, 2.24) is 0 Å². The summed E-state index contributed by atoms with van der Waals surface area (Å²) in [6, 6.07) is 8.65. The highest BCUT2D eigenvalue weighted by Gasteiger charge is 2.22. The second-order valence-corrected chi connectivity index (χ2v) is 8.06. The molecule has 2 heteroatoms. The molecule has 0 radical (unpaired) electrons. The van der Waals surface area contributed by atoms with E-state index < -0.39 is 0 Å². The molecule has 0 bridgehead atoms. The first-order chi connectivity index (χ1) is 12.7. The average Bonchev–Trinajstić information content (AvgIpc) is 2.70. The summed E-state index contributed by atoms with van der Waals surface area (Å²) < 4.78 is 6.13. The fourth-order valence-electron chi connectivity index (χ4n) is 4.10. The number of aliphatic hydroxyl groups is 1. The molecule has 0 aromatic heterocycles. The minimum absolute atomic E-state index is 0.320. The smallest absolute Gasteiger partial charge is 0.0787 e. The summed E-state index contributed by atoms with van der Waals surface area (Å²) >= 11 is 0. The quantitative estimate of drug-likeness (QED) is 0.410. The van der Waals surface area contributed by atoms with Gasteiger partial charge in [0.1, 0.15) is 0 Å². The van der Waals surface area contributed by atoms with Gasteiger partial charge in [-0.3, -0.25) is 0 Å². The van der Waals surface area contributed by atoms with Crippen LogP contribution < -0.4 is 0 Å². The van der Waals surface area contributed by atoms with E-state index in [1.807, 2.05) is 6.92 Å². The van der Waals surface area contributed by atoms with E-state index in [4.69, 9.17) is 4.74 Å². The first-order valence-electron chi connectivity index (χ1n) is 11.1. The van der Waals surface area contributed by atoms with Gasteiger partial charge in [0.2, 0.25) is 0 Å². The molecule has 1 aliphatic carbocycles. The van der Waals surface area contributed by atoms with E-state index in [0.29, 0.717) is 12.0 Å². The van der Waals surface area contributed by atoms with E-state index in [1.54, 1.807) is 0 Å². The van der Waals surface area contributed by atoms with E-state index in [-0.39, 0.29) is 6.10 Å². The summed E-state index contributed by atoms with van der Waals surface area (Å²) in [5.74, 6) is 0.668. The Labute approximate surface area is 161 Å². The van der Waals surface area contributed by atoms with Gasteiger partial charge in [0.05, 0.1) is 12.2 Å². The van der Waals surface area contributed by atoms with Gasteiger partial charge in [-0.25, -0.2) is 0 Å². The third kappa shape index (κ3) is 7.40. The second kappa shape index (κ2) is 12.5. The molecule has 2 nitrogen and oxygen atoms in total. The summed E-state index contributed by atoms with van der Waals surface area (Å²) in [6.07, 6.45) is 15.2. The Morgan fingerprint density at radius 2 is 1.50 bits per heavy atom. The van der Waals surface area contributed by atoms with Gasteiger partial charge in [-0.2, -0.15) is 0 Å². The van der Waals surface area contributed by atoms with Crippen LogP contribution in [-0.2, 0) is 4.74 Å². The van der Waals surface area contributed by atoms with Gasteiger partial charge < -0.3 is 9.84 Å². The lowest BCUT2D eigenvalue weighted by molar-refractivity contribution is 0.0226. The Hall–Kier alpha value is -0.860. The Morgan fingerprint density at radius 1 is 0.885 bits per heavy atom. The minimum atomic E-state index is -0.320. The average molecular weight is 361 g/mol. The highest BCUT2D eigenvalue weighted by atomic mass is 16.5. The molecule has 1 atom stereocenters. The molecule has 0 spiro atoms. The number of benzene rings is 1. The summed E-state index contributed by atoms with van der Waals surface area (Å²) in [5, 5.41) is 9.92. The third-order valence-corrected chi connectivity index (χ3v) is 5.95. The maximum Gasteiger partial charge on any atom is 0.0787 e. The monoisotopic (exact) mass is 360 g/mol. The highest BCUT2D eigenvalue weighted by Crippen LogP contribution is 2.34. The van der Waals surface area contributed by atoms with Crippen LogP contribution in [0.25, 0.3) is 0 Å². The van der Waals surface area contributed by atoms with E-state index >= 15 is 0 Å². The molecule has 0 aliphatic heterocycles. The lowest BCUT2D eigenvalue weighted by Gasteiger charge is -2.29. The van der Waals surface area contributed by atoms with E-state index in [2.05, 4.69) is 31.2 Å². The molecule has 0 amide bonds. The molecule has 0 heterocycles. The van der Waals surface area contributed by atoms with Crippen molar-refractivity contribution in [3.05, 3.63) is 35.4 Å². The van der Waals surface area contributed by atoms with Crippen LogP contribution in [0.3, 0.4) is 0 Å². The fraction of sp³-hybridized carbons (Fsp3) is 0.750. The van der Waals surface area contributed by atoms with Crippen molar-refractivity contribution in [2.75, 3.05) is 6.61 Å². The van der Waals surface area contributed by atoms with Gasteiger partial charge in [0.25, 0.3) is 0 Å². The highest BCUT2D eigenvalue weighted by molar-refractivity contribution is 5.27. The molecule has 1 aromatic carbocycles. The van der Waals surface area contributed by atoms with Crippen molar-refractivity contribution >= 4 is 0 Å². The zero-order valence-corrected chi connectivity index (χ0v) is 17.1. The zero-order chi connectivity index (χ0) is 18.6. The summed E-state index contributed by atoms with van der Waals surface area (Å²) in [4.78, 5) is 0. The number of hydrogen-bond donors (Lipinski definition) is 1. The molecule has 1 aromatic rings. The van der Waals surface area contributed by atoms with Crippen molar-refractivity contribution in [3.8, 4) is 0 Å². The van der Waals surface area contributed by atoms with Crippen LogP contribution in [0.15, 0.2) is 24.3 Å². The Balaban J connectivity index is 1.58. The van der Waals surface area contributed by atoms with Gasteiger partial charge >= 0.3 is 0 Å². The van der Waals surface area contributed by atoms with Gasteiger partial charge in [0, 0.05) is 6.61 Å². The SMILES string of the molecule is CCCCCCCCCOC1CCC(c2ccc(C(O)CC)cc2)CC1. The van der Waals surface area contributed by atoms with Gasteiger partial charge in [0.15, 0.2) is 0 Å². The largest absolute Gasteiger partial charge is 0.388 e. The standard InChI is InChI=1S/C24H40O2/c1-3-5-6-7-8-9-10-19-26-23-17-15-21(16-18-23)20-11-13-22(14-12-20)24(25)4-2/h11-14,21,23-25H,3-10,15-19H2,1-2H3. The van der Waals surface area contributed by atoms with Crippen molar-refractivity contribution in [1.29, 1.82) is 0 Å². The van der Waals surface area contributed by atoms with E-state index in [0.717, 1.165) is 18.6 Å². The van der Waals surface area contributed by atoms with Crippen molar-refractivity contribution in [3.63, 3.8) is 0 Å². The Morgan fingerprint density at radius 3 is 2.12 bits per heavy atom. The van der Waals surface area contributed by atoms with Crippen LogP contribution in [0.4, 0.5) is 0 Å². The van der Waals surface area contributed by atoms with Crippen molar-refractivity contribution < 1.29 is 9.84 Å². The summed E-state index contributed by atoms with van der Waals surface area (Å²) in [6.45, 7) is 5.24. The fourth-order valence-corrected chi connectivity index (χ4v) is 4.10. The number of ether oxygens (including phenoxy) is 1. The molecular formula is C24H40O2. The van der Waals surface area contributed by atoms with Crippen LogP contribution in [0, 0.1) is 0 Å². The van der Waals surface area contributed by atoms with Crippen LogP contribution >= 0.6 is 0 Å². The number of rotatable bonds is 12. The second-order valence-electron chi connectivity index (χ2n) is 8.06. The van der Waals surface area contributed by atoms with E-state index in [9.17, 15) is 5.11 Å². The molecule has 1 fully saturated rings. The Bertz CT molecular complexity index is 460. The van der Waals surface area contributed by atoms with Crippen LogP contribution in [0.5, 0.6) is 0 Å². The topological polar surface area (TPSA) is 29.5 Å². The van der Waals surface area contributed by atoms with Crippen molar-refractivity contribution in [2.24, 2.45) is 0 Å². The Kier molecular flexibility index (Phi) is 10.3. The third-order valence-electron chi connectivity index (χ3n) is 5.95. The van der Waals surface area contributed by atoms with Crippen molar-refractivity contribution in [2.45, 2.75) is 109 Å². The lowest BCUT2D eigenvalue weighted by Crippen LogP contribution is -2.21.